The molecule has 5 heteroatoms. The Bertz CT molecular complexity index is 946. The number of aromatic nitrogens is 2. The standard InChI is InChI=1S/C22H23N3O2/c1-15-4-2-5-17(12-15)18-6-3-11-25(14-18)22(27)21-13-20(23-24-21)16-7-9-19(26)10-8-16/h2,4-5,7-10,12-13,18,26H,3,6,11,14H2,1H3,(H,23,24)/t18-/m0/s1. The minimum absolute atomic E-state index is 0.00937. The van der Waals surface area contributed by atoms with E-state index in [0.717, 1.165) is 31.5 Å². The van der Waals surface area contributed by atoms with Crippen LogP contribution < -0.4 is 0 Å². The van der Waals surface area contributed by atoms with E-state index in [-0.39, 0.29) is 11.7 Å². The minimum Gasteiger partial charge on any atom is -0.508 e. The Morgan fingerprint density at radius 3 is 2.78 bits per heavy atom. The number of aromatic amines is 1. The summed E-state index contributed by atoms with van der Waals surface area (Å²) in [5, 5.41) is 16.6. The van der Waals surface area contributed by atoms with E-state index >= 15 is 0 Å². The van der Waals surface area contributed by atoms with Crippen LogP contribution in [-0.4, -0.2) is 39.2 Å². The molecular weight excluding hydrogens is 338 g/mol. The summed E-state index contributed by atoms with van der Waals surface area (Å²) in [7, 11) is 0. The van der Waals surface area contributed by atoms with Gasteiger partial charge in [0, 0.05) is 24.6 Å². The van der Waals surface area contributed by atoms with E-state index in [1.165, 1.54) is 11.1 Å². The molecule has 0 spiro atoms. The molecule has 1 saturated heterocycles. The number of aryl methyl sites for hydroxylation is 1. The second-order valence-corrected chi connectivity index (χ2v) is 7.22. The topological polar surface area (TPSA) is 69.2 Å². The summed E-state index contributed by atoms with van der Waals surface area (Å²) in [6.07, 6.45) is 2.11. The summed E-state index contributed by atoms with van der Waals surface area (Å²) in [5.74, 6) is 0.577. The zero-order chi connectivity index (χ0) is 18.8. The smallest absolute Gasteiger partial charge is 0.271 e. The van der Waals surface area contributed by atoms with Crippen molar-refractivity contribution >= 4 is 5.91 Å². The van der Waals surface area contributed by atoms with E-state index in [1.807, 2.05) is 4.90 Å². The third-order valence-corrected chi connectivity index (χ3v) is 5.19. The molecule has 1 amide bonds. The largest absolute Gasteiger partial charge is 0.508 e. The van der Waals surface area contributed by atoms with Crippen LogP contribution in [0.15, 0.2) is 54.6 Å². The summed E-state index contributed by atoms with van der Waals surface area (Å²) >= 11 is 0. The van der Waals surface area contributed by atoms with Crippen molar-refractivity contribution in [1.82, 2.24) is 15.1 Å². The van der Waals surface area contributed by atoms with Crippen LogP contribution in [0.3, 0.4) is 0 Å². The number of H-pyrrole nitrogens is 1. The molecule has 1 atom stereocenters. The molecule has 1 aromatic heterocycles. The molecule has 2 aromatic carbocycles. The molecule has 0 aliphatic carbocycles. The second kappa shape index (κ2) is 7.27. The van der Waals surface area contributed by atoms with Crippen LogP contribution >= 0.6 is 0 Å². The molecule has 2 N–H and O–H groups in total. The molecule has 0 saturated carbocycles. The predicted molar refractivity (Wildman–Crippen MR) is 105 cm³/mol. The number of nitrogens with zero attached hydrogens (tertiary/aromatic N) is 2. The molecule has 4 rings (SSSR count). The van der Waals surface area contributed by atoms with E-state index in [0.29, 0.717) is 17.3 Å². The average Bonchev–Trinajstić information content (AvgIpc) is 3.18. The van der Waals surface area contributed by atoms with Gasteiger partial charge in [-0.25, -0.2) is 0 Å². The molecule has 27 heavy (non-hydrogen) atoms. The molecule has 3 aromatic rings. The van der Waals surface area contributed by atoms with E-state index in [1.54, 1.807) is 30.3 Å². The van der Waals surface area contributed by atoms with Gasteiger partial charge in [0.25, 0.3) is 5.91 Å². The fourth-order valence-electron chi connectivity index (χ4n) is 3.74. The number of carbonyl (C=O) groups excluding carboxylic acids is 1. The summed E-state index contributed by atoms with van der Waals surface area (Å²) in [6.45, 7) is 3.61. The molecule has 0 bridgehead atoms. The third-order valence-electron chi connectivity index (χ3n) is 5.19. The van der Waals surface area contributed by atoms with Gasteiger partial charge in [-0.2, -0.15) is 5.10 Å². The molecule has 138 valence electrons. The van der Waals surface area contributed by atoms with E-state index in [9.17, 15) is 9.90 Å². The van der Waals surface area contributed by atoms with Gasteiger partial charge in [-0.3, -0.25) is 9.89 Å². The number of carbonyl (C=O) groups is 1. The maximum absolute atomic E-state index is 13.0. The molecular formula is C22H23N3O2. The van der Waals surface area contributed by atoms with Crippen molar-refractivity contribution in [2.24, 2.45) is 0 Å². The SMILES string of the molecule is Cc1cccc([C@H]2CCCN(C(=O)c3cc(-c4ccc(O)cc4)n[nH]3)C2)c1. The fourth-order valence-corrected chi connectivity index (χ4v) is 3.74. The highest BCUT2D eigenvalue weighted by Gasteiger charge is 2.26. The van der Waals surface area contributed by atoms with Crippen LogP contribution in [0.2, 0.25) is 0 Å². The van der Waals surface area contributed by atoms with Gasteiger partial charge < -0.3 is 10.0 Å². The van der Waals surface area contributed by atoms with Gasteiger partial charge >= 0.3 is 0 Å². The fraction of sp³-hybridized carbons (Fsp3) is 0.273. The number of amides is 1. The number of phenols is 1. The number of hydrogen-bond donors (Lipinski definition) is 2. The van der Waals surface area contributed by atoms with Crippen molar-refractivity contribution in [3.05, 3.63) is 71.4 Å². The van der Waals surface area contributed by atoms with Gasteiger partial charge in [-0.15, -0.1) is 0 Å². The first kappa shape index (κ1) is 17.3. The van der Waals surface area contributed by atoms with Gasteiger partial charge in [0.15, 0.2) is 0 Å². The normalized spacial score (nSPS) is 17.1. The molecule has 5 nitrogen and oxygen atoms in total. The first-order chi connectivity index (χ1) is 13.1. The average molecular weight is 361 g/mol. The number of piperidine rings is 1. The zero-order valence-corrected chi connectivity index (χ0v) is 15.4. The van der Waals surface area contributed by atoms with Gasteiger partial charge in [-0.05, 0) is 55.7 Å². The van der Waals surface area contributed by atoms with Crippen LogP contribution in [0.5, 0.6) is 5.75 Å². The number of hydrogen-bond acceptors (Lipinski definition) is 3. The third kappa shape index (κ3) is 3.72. The Kier molecular flexibility index (Phi) is 4.67. The lowest BCUT2D eigenvalue weighted by atomic mass is 9.89. The number of rotatable bonds is 3. The predicted octanol–water partition coefficient (Wildman–Crippen LogP) is 4.11. The van der Waals surface area contributed by atoms with Gasteiger partial charge in [-0.1, -0.05) is 29.8 Å². The zero-order valence-electron chi connectivity index (χ0n) is 15.4. The molecule has 0 unspecified atom stereocenters. The highest BCUT2D eigenvalue weighted by Crippen LogP contribution is 2.28. The highest BCUT2D eigenvalue weighted by atomic mass is 16.3. The molecule has 2 heterocycles. The van der Waals surface area contributed by atoms with Crippen molar-refractivity contribution in [3.63, 3.8) is 0 Å². The van der Waals surface area contributed by atoms with Gasteiger partial charge in [0.05, 0.1) is 5.69 Å². The Hall–Kier alpha value is -3.08. The minimum atomic E-state index is -0.00937. The summed E-state index contributed by atoms with van der Waals surface area (Å²) in [6, 6.07) is 17.1. The Balaban J connectivity index is 1.50. The quantitative estimate of drug-likeness (QED) is 0.737. The molecule has 1 aliphatic rings. The number of benzene rings is 2. The summed E-state index contributed by atoms with van der Waals surface area (Å²) in [4.78, 5) is 14.9. The highest BCUT2D eigenvalue weighted by molar-refractivity contribution is 5.93. The van der Waals surface area contributed by atoms with E-state index in [2.05, 4.69) is 41.4 Å². The number of aromatic hydroxyl groups is 1. The lowest BCUT2D eigenvalue weighted by Crippen LogP contribution is -2.39. The monoisotopic (exact) mass is 361 g/mol. The van der Waals surface area contributed by atoms with Crippen molar-refractivity contribution in [2.45, 2.75) is 25.7 Å². The second-order valence-electron chi connectivity index (χ2n) is 7.22. The lowest BCUT2D eigenvalue weighted by molar-refractivity contribution is 0.0701. The summed E-state index contributed by atoms with van der Waals surface area (Å²) in [5.41, 5.74) is 4.62. The van der Waals surface area contributed by atoms with Crippen LogP contribution in [0.4, 0.5) is 0 Å². The summed E-state index contributed by atoms with van der Waals surface area (Å²) < 4.78 is 0. The van der Waals surface area contributed by atoms with Crippen molar-refractivity contribution < 1.29 is 9.90 Å². The van der Waals surface area contributed by atoms with Crippen LogP contribution in [0.1, 0.15) is 40.4 Å². The Morgan fingerprint density at radius 1 is 1.19 bits per heavy atom. The van der Waals surface area contributed by atoms with Crippen molar-refractivity contribution in [2.75, 3.05) is 13.1 Å². The van der Waals surface area contributed by atoms with Crippen molar-refractivity contribution in [3.8, 4) is 17.0 Å². The molecule has 1 fully saturated rings. The maximum Gasteiger partial charge on any atom is 0.271 e. The van der Waals surface area contributed by atoms with Gasteiger partial charge in [0.2, 0.25) is 0 Å². The van der Waals surface area contributed by atoms with Crippen LogP contribution in [0.25, 0.3) is 11.3 Å². The maximum atomic E-state index is 13.0. The van der Waals surface area contributed by atoms with Crippen LogP contribution in [-0.2, 0) is 0 Å². The molecule has 0 radical (unpaired) electrons. The van der Waals surface area contributed by atoms with Gasteiger partial charge in [0.1, 0.15) is 11.4 Å². The van der Waals surface area contributed by atoms with Crippen molar-refractivity contribution in [1.29, 1.82) is 0 Å². The molecule has 1 aliphatic heterocycles. The number of phenolic OH excluding ortho intramolecular Hbond substituents is 1. The Labute approximate surface area is 158 Å². The van der Waals surface area contributed by atoms with Crippen LogP contribution in [0, 0.1) is 6.92 Å². The van der Waals surface area contributed by atoms with E-state index in [4.69, 9.17) is 0 Å². The number of nitrogens with one attached hydrogen (secondary N) is 1. The first-order valence-electron chi connectivity index (χ1n) is 9.31. The number of likely N-dealkylation sites (tertiary alicyclic amines) is 1. The Morgan fingerprint density at radius 2 is 2.00 bits per heavy atom. The van der Waals surface area contributed by atoms with E-state index < -0.39 is 0 Å². The lowest BCUT2D eigenvalue weighted by Gasteiger charge is -2.32. The first-order valence-corrected chi connectivity index (χ1v) is 9.31.